The zero-order valence-electron chi connectivity index (χ0n) is 8.10. The third-order valence-electron chi connectivity index (χ3n) is 1.46. The SMILES string of the molecule is CCOc1[c]cccc1OCC(F)(F)F. The molecule has 0 unspecified atom stereocenters. The number of hydrogen-bond donors (Lipinski definition) is 0. The molecule has 0 saturated carbocycles. The van der Waals surface area contributed by atoms with E-state index in [1.807, 2.05) is 0 Å². The van der Waals surface area contributed by atoms with E-state index in [0.717, 1.165) is 0 Å². The highest BCUT2D eigenvalue weighted by molar-refractivity contribution is 5.38. The first kappa shape index (κ1) is 11.7. The van der Waals surface area contributed by atoms with Crippen LogP contribution in [0.4, 0.5) is 13.2 Å². The van der Waals surface area contributed by atoms with Crippen LogP contribution in [0, 0.1) is 6.07 Å². The fourth-order valence-corrected chi connectivity index (χ4v) is 0.937. The largest absolute Gasteiger partial charge is 0.489 e. The van der Waals surface area contributed by atoms with Gasteiger partial charge in [0, 0.05) is 6.07 Å². The van der Waals surface area contributed by atoms with Gasteiger partial charge in [-0.15, -0.1) is 0 Å². The molecule has 15 heavy (non-hydrogen) atoms. The van der Waals surface area contributed by atoms with Gasteiger partial charge in [0.05, 0.1) is 6.61 Å². The Morgan fingerprint density at radius 3 is 2.67 bits per heavy atom. The molecule has 5 heteroatoms. The summed E-state index contributed by atoms with van der Waals surface area (Å²) in [6, 6.07) is 7.15. The lowest BCUT2D eigenvalue weighted by Crippen LogP contribution is -2.19. The maximum Gasteiger partial charge on any atom is 0.422 e. The Balaban J connectivity index is 2.67. The maximum atomic E-state index is 11.9. The summed E-state index contributed by atoms with van der Waals surface area (Å²) in [5, 5.41) is 0. The summed E-state index contributed by atoms with van der Waals surface area (Å²) in [7, 11) is 0. The van der Waals surface area contributed by atoms with Crippen molar-refractivity contribution in [3.63, 3.8) is 0 Å². The Bertz CT molecular complexity index is 310. The molecule has 0 aliphatic rings. The van der Waals surface area contributed by atoms with Gasteiger partial charge in [-0.3, -0.25) is 0 Å². The standard InChI is InChI=1S/C10H10F3O2/c1-2-14-8-5-3-4-6-9(8)15-7-10(11,12)13/h3-4,6H,2,7H2,1H3. The fourth-order valence-electron chi connectivity index (χ4n) is 0.937. The van der Waals surface area contributed by atoms with E-state index >= 15 is 0 Å². The van der Waals surface area contributed by atoms with Gasteiger partial charge in [-0.05, 0) is 13.0 Å². The first-order chi connectivity index (χ1) is 7.03. The number of hydrogen-bond acceptors (Lipinski definition) is 2. The van der Waals surface area contributed by atoms with Gasteiger partial charge in [-0.2, -0.15) is 13.2 Å². The summed E-state index contributed by atoms with van der Waals surface area (Å²) in [6.45, 7) is 0.752. The highest BCUT2D eigenvalue weighted by atomic mass is 19.4. The van der Waals surface area contributed by atoms with E-state index in [1.54, 1.807) is 13.0 Å². The highest BCUT2D eigenvalue weighted by Crippen LogP contribution is 2.27. The molecule has 0 heterocycles. The minimum absolute atomic E-state index is 0.0525. The molecule has 0 bridgehead atoms. The van der Waals surface area contributed by atoms with Crippen molar-refractivity contribution in [3.05, 3.63) is 24.3 Å². The van der Waals surface area contributed by atoms with Crippen LogP contribution in [0.25, 0.3) is 0 Å². The minimum Gasteiger partial charge on any atom is -0.489 e. The predicted molar refractivity (Wildman–Crippen MR) is 48.0 cm³/mol. The Hall–Kier alpha value is -1.39. The van der Waals surface area contributed by atoms with Crippen LogP contribution < -0.4 is 9.47 Å². The van der Waals surface area contributed by atoms with Crippen LogP contribution >= 0.6 is 0 Å². The average molecular weight is 219 g/mol. The van der Waals surface area contributed by atoms with Gasteiger partial charge in [0.2, 0.25) is 0 Å². The second-order valence-electron chi connectivity index (χ2n) is 2.70. The average Bonchev–Trinajstić information content (AvgIpc) is 2.16. The first-order valence-corrected chi connectivity index (χ1v) is 4.36. The van der Waals surface area contributed by atoms with Crippen molar-refractivity contribution >= 4 is 0 Å². The third kappa shape index (κ3) is 4.10. The van der Waals surface area contributed by atoms with Crippen LogP contribution in [0.1, 0.15) is 6.92 Å². The van der Waals surface area contributed by atoms with Gasteiger partial charge < -0.3 is 9.47 Å². The van der Waals surface area contributed by atoms with Gasteiger partial charge in [-0.1, -0.05) is 12.1 Å². The van der Waals surface area contributed by atoms with E-state index in [-0.39, 0.29) is 11.5 Å². The van der Waals surface area contributed by atoms with Crippen LogP contribution in [0.3, 0.4) is 0 Å². The van der Waals surface area contributed by atoms with Crippen molar-refractivity contribution in [3.8, 4) is 11.5 Å². The van der Waals surface area contributed by atoms with E-state index < -0.39 is 12.8 Å². The summed E-state index contributed by atoms with van der Waals surface area (Å²) < 4.78 is 45.3. The van der Waals surface area contributed by atoms with Gasteiger partial charge >= 0.3 is 6.18 Å². The van der Waals surface area contributed by atoms with Gasteiger partial charge in [0.25, 0.3) is 0 Å². The Morgan fingerprint density at radius 2 is 2.07 bits per heavy atom. The van der Waals surface area contributed by atoms with E-state index in [9.17, 15) is 13.2 Å². The number of para-hydroxylation sites is 1. The second-order valence-corrected chi connectivity index (χ2v) is 2.70. The van der Waals surface area contributed by atoms with Crippen molar-refractivity contribution in [1.82, 2.24) is 0 Å². The minimum atomic E-state index is -4.35. The lowest BCUT2D eigenvalue weighted by Gasteiger charge is -2.12. The molecule has 83 valence electrons. The normalized spacial score (nSPS) is 11.2. The summed E-state index contributed by atoms with van der Waals surface area (Å²) >= 11 is 0. The zero-order valence-corrected chi connectivity index (χ0v) is 8.10. The molecular weight excluding hydrogens is 209 g/mol. The predicted octanol–water partition coefficient (Wildman–Crippen LogP) is 2.83. The number of halogens is 3. The van der Waals surface area contributed by atoms with Crippen molar-refractivity contribution < 1.29 is 22.6 Å². The molecule has 2 nitrogen and oxygen atoms in total. The molecule has 0 aromatic heterocycles. The van der Waals surface area contributed by atoms with E-state index in [2.05, 4.69) is 10.8 Å². The maximum absolute atomic E-state index is 11.9. The van der Waals surface area contributed by atoms with Crippen LogP contribution in [-0.2, 0) is 0 Å². The topological polar surface area (TPSA) is 18.5 Å². The Kier molecular flexibility index (Phi) is 3.82. The van der Waals surface area contributed by atoms with Gasteiger partial charge in [0.1, 0.15) is 0 Å². The number of rotatable bonds is 4. The summed E-state index contributed by atoms with van der Waals surface area (Å²) in [6.07, 6.45) is -4.35. The number of alkyl halides is 3. The van der Waals surface area contributed by atoms with Crippen molar-refractivity contribution in [2.75, 3.05) is 13.2 Å². The molecular formula is C10H10F3O2. The molecule has 0 spiro atoms. The smallest absolute Gasteiger partial charge is 0.422 e. The summed E-state index contributed by atoms with van der Waals surface area (Å²) in [4.78, 5) is 0. The molecule has 0 saturated heterocycles. The number of benzene rings is 1. The van der Waals surface area contributed by atoms with Crippen LogP contribution in [0.5, 0.6) is 11.5 Å². The molecule has 0 fully saturated rings. The fraction of sp³-hybridized carbons (Fsp3) is 0.400. The lowest BCUT2D eigenvalue weighted by molar-refractivity contribution is -0.153. The van der Waals surface area contributed by atoms with Crippen molar-refractivity contribution in [1.29, 1.82) is 0 Å². The van der Waals surface area contributed by atoms with Crippen LogP contribution in [-0.4, -0.2) is 19.4 Å². The Labute approximate surface area is 85.6 Å². The first-order valence-electron chi connectivity index (χ1n) is 4.36. The molecule has 0 aliphatic carbocycles. The van der Waals surface area contributed by atoms with Crippen LogP contribution in [0.15, 0.2) is 18.2 Å². The molecule has 1 radical (unpaired) electrons. The quantitative estimate of drug-likeness (QED) is 0.775. The van der Waals surface area contributed by atoms with E-state index in [0.29, 0.717) is 6.61 Å². The second kappa shape index (κ2) is 4.91. The van der Waals surface area contributed by atoms with Crippen molar-refractivity contribution in [2.24, 2.45) is 0 Å². The third-order valence-corrected chi connectivity index (χ3v) is 1.46. The van der Waals surface area contributed by atoms with Crippen LogP contribution in [0.2, 0.25) is 0 Å². The molecule has 0 N–H and O–H groups in total. The van der Waals surface area contributed by atoms with Gasteiger partial charge in [0.15, 0.2) is 18.1 Å². The zero-order chi connectivity index (χ0) is 11.3. The number of ether oxygens (including phenoxy) is 2. The Morgan fingerprint density at radius 1 is 1.33 bits per heavy atom. The monoisotopic (exact) mass is 219 g/mol. The van der Waals surface area contributed by atoms with E-state index in [1.165, 1.54) is 12.1 Å². The molecule has 0 aliphatic heterocycles. The molecule has 0 amide bonds. The molecule has 1 aromatic carbocycles. The van der Waals surface area contributed by atoms with Gasteiger partial charge in [-0.25, -0.2) is 0 Å². The van der Waals surface area contributed by atoms with Crippen molar-refractivity contribution in [2.45, 2.75) is 13.1 Å². The van der Waals surface area contributed by atoms with E-state index in [4.69, 9.17) is 4.74 Å². The molecule has 1 aromatic rings. The summed E-state index contributed by atoms with van der Waals surface area (Å²) in [5.41, 5.74) is 0. The molecule has 0 atom stereocenters. The highest BCUT2D eigenvalue weighted by Gasteiger charge is 2.28. The lowest BCUT2D eigenvalue weighted by atomic mass is 10.3. The summed E-state index contributed by atoms with van der Waals surface area (Å²) in [5.74, 6) is 0.251. The molecule has 1 rings (SSSR count).